The Balaban J connectivity index is 2.18. The van der Waals surface area contributed by atoms with Crippen molar-refractivity contribution >= 4 is 28.9 Å². The van der Waals surface area contributed by atoms with Crippen molar-refractivity contribution in [3.8, 4) is 0 Å². The van der Waals surface area contributed by atoms with E-state index in [1.165, 1.54) is 0 Å². The molecular formula is C13H20N4OS. The first-order valence-corrected chi connectivity index (χ1v) is 7.06. The van der Waals surface area contributed by atoms with Gasteiger partial charge < -0.3 is 11.1 Å². The highest BCUT2D eigenvalue weighted by Gasteiger charge is 2.41. The lowest BCUT2D eigenvalue weighted by Gasteiger charge is -2.29. The zero-order chi connectivity index (χ0) is 13.9. The number of hydrogen-bond acceptors (Lipinski definition) is 3. The molecule has 1 fully saturated rings. The molecular weight excluding hydrogens is 260 g/mol. The molecule has 1 aromatic heterocycles. The summed E-state index contributed by atoms with van der Waals surface area (Å²) in [6.07, 6.45) is 7.53. The van der Waals surface area contributed by atoms with Crippen LogP contribution in [0.15, 0.2) is 12.3 Å². The minimum atomic E-state index is -0.705. The Hall–Kier alpha value is -1.43. The summed E-state index contributed by atoms with van der Waals surface area (Å²) in [4.78, 5) is 12.9. The Morgan fingerprint density at radius 1 is 1.42 bits per heavy atom. The number of thiocarbonyl (C=S) groups is 1. The molecule has 0 saturated heterocycles. The van der Waals surface area contributed by atoms with E-state index in [0.29, 0.717) is 10.8 Å². The average Bonchev–Trinajstić information content (AvgIpc) is 2.65. The normalized spacial score (nSPS) is 18.6. The number of carbonyl (C=O) groups excluding carboxylic acids is 1. The van der Waals surface area contributed by atoms with E-state index in [2.05, 4.69) is 10.4 Å². The van der Waals surface area contributed by atoms with Crippen molar-refractivity contribution in [3.05, 3.63) is 12.3 Å². The summed E-state index contributed by atoms with van der Waals surface area (Å²) >= 11 is 5.18. The van der Waals surface area contributed by atoms with E-state index in [1.807, 2.05) is 7.05 Å². The van der Waals surface area contributed by atoms with Crippen LogP contribution >= 0.6 is 12.2 Å². The second-order valence-corrected chi connectivity index (χ2v) is 5.63. The van der Waals surface area contributed by atoms with Gasteiger partial charge in [-0.2, -0.15) is 5.10 Å². The maximum absolute atomic E-state index is 12.6. The molecule has 0 spiro atoms. The van der Waals surface area contributed by atoms with Crippen LogP contribution in [-0.2, 0) is 11.8 Å². The third-order valence-electron chi connectivity index (χ3n) is 3.82. The molecule has 0 aliphatic heterocycles. The summed E-state index contributed by atoms with van der Waals surface area (Å²) in [5, 5.41) is 7.00. The van der Waals surface area contributed by atoms with Gasteiger partial charge >= 0.3 is 0 Å². The van der Waals surface area contributed by atoms with Gasteiger partial charge in [0.15, 0.2) is 5.82 Å². The van der Waals surface area contributed by atoms with Crippen molar-refractivity contribution in [2.45, 2.75) is 38.5 Å². The molecule has 0 unspecified atom stereocenters. The molecule has 0 atom stereocenters. The lowest BCUT2D eigenvalue weighted by atomic mass is 9.79. The van der Waals surface area contributed by atoms with Crippen LogP contribution in [-0.4, -0.2) is 20.7 Å². The summed E-state index contributed by atoms with van der Waals surface area (Å²) in [5.74, 6) is 0.438. The summed E-state index contributed by atoms with van der Waals surface area (Å²) in [6, 6.07) is 1.77. The minimum absolute atomic E-state index is 0.111. The SMILES string of the molecule is Cn1ccc(NC(=O)C2(C(N)=S)CCCCCC2)n1. The van der Waals surface area contributed by atoms with E-state index < -0.39 is 5.41 Å². The first kappa shape index (κ1) is 14.0. The topological polar surface area (TPSA) is 72.9 Å². The molecule has 0 bridgehead atoms. The van der Waals surface area contributed by atoms with Crippen LogP contribution in [0.2, 0.25) is 0 Å². The van der Waals surface area contributed by atoms with Crippen LogP contribution in [0.5, 0.6) is 0 Å². The molecule has 1 aliphatic carbocycles. The molecule has 0 radical (unpaired) electrons. The number of rotatable bonds is 3. The zero-order valence-electron chi connectivity index (χ0n) is 11.2. The molecule has 1 aromatic rings. The Labute approximate surface area is 118 Å². The highest BCUT2D eigenvalue weighted by atomic mass is 32.1. The molecule has 104 valence electrons. The van der Waals surface area contributed by atoms with Crippen molar-refractivity contribution in [2.75, 3.05) is 5.32 Å². The Bertz CT molecular complexity index is 475. The monoisotopic (exact) mass is 280 g/mol. The molecule has 1 heterocycles. The highest BCUT2D eigenvalue weighted by molar-refractivity contribution is 7.80. The quantitative estimate of drug-likeness (QED) is 0.656. The van der Waals surface area contributed by atoms with Crippen LogP contribution in [0.1, 0.15) is 38.5 Å². The summed E-state index contributed by atoms with van der Waals surface area (Å²) in [7, 11) is 1.81. The lowest BCUT2D eigenvalue weighted by molar-refractivity contribution is -0.122. The maximum Gasteiger partial charge on any atom is 0.238 e. The smallest absolute Gasteiger partial charge is 0.238 e. The third-order valence-corrected chi connectivity index (χ3v) is 4.21. The van der Waals surface area contributed by atoms with Crippen LogP contribution in [0.3, 0.4) is 0 Å². The Morgan fingerprint density at radius 2 is 2.05 bits per heavy atom. The molecule has 19 heavy (non-hydrogen) atoms. The van der Waals surface area contributed by atoms with Gasteiger partial charge in [-0.1, -0.05) is 37.9 Å². The van der Waals surface area contributed by atoms with Crippen molar-refractivity contribution in [2.24, 2.45) is 18.2 Å². The number of carbonyl (C=O) groups is 1. The van der Waals surface area contributed by atoms with Gasteiger partial charge in [-0.15, -0.1) is 0 Å². The summed E-state index contributed by atoms with van der Waals surface area (Å²) in [6.45, 7) is 0. The van der Waals surface area contributed by atoms with Crippen LogP contribution in [0.25, 0.3) is 0 Å². The van der Waals surface area contributed by atoms with Gasteiger partial charge in [0.2, 0.25) is 5.91 Å². The van der Waals surface area contributed by atoms with E-state index >= 15 is 0 Å². The second kappa shape index (κ2) is 5.69. The van der Waals surface area contributed by atoms with Crippen LogP contribution < -0.4 is 11.1 Å². The van der Waals surface area contributed by atoms with Gasteiger partial charge in [0.1, 0.15) is 0 Å². The fourth-order valence-corrected chi connectivity index (χ4v) is 2.93. The van der Waals surface area contributed by atoms with Gasteiger partial charge in [-0.05, 0) is 12.8 Å². The average molecular weight is 280 g/mol. The fourth-order valence-electron chi connectivity index (χ4n) is 2.64. The summed E-state index contributed by atoms with van der Waals surface area (Å²) in [5.41, 5.74) is 5.17. The van der Waals surface area contributed by atoms with E-state index in [1.54, 1.807) is 16.9 Å². The van der Waals surface area contributed by atoms with Gasteiger partial charge in [0.25, 0.3) is 0 Å². The lowest BCUT2D eigenvalue weighted by Crippen LogP contribution is -2.45. The van der Waals surface area contributed by atoms with Crippen LogP contribution in [0.4, 0.5) is 5.82 Å². The molecule has 1 saturated carbocycles. The van der Waals surface area contributed by atoms with Crippen molar-refractivity contribution in [3.63, 3.8) is 0 Å². The molecule has 3 N–H and O–H groups in total. The first-order valence-electron chi connectivity index (χ1n) is 6.66. The van der Waals surface area contributed by atoms with Crippen molar-refractivity contribution in [1.82, 2.24) is 9.78 Å². The second-order valence-electron chi connectivity index (χ2n) is 5.19. The number of amides is 1. The van der Waals surface area contributed by atoms with Gasteiger partial charge in [0, 0.05) is 19.3 Å². The van der Waals surface area contributed by atoms with Crippen molar-refractivity contribution in [1.29, 1.82) is 0 Å². The van der Waals surface area contributed by atoms with E-state index in [-0.39, 0.29) is 5.91 Å². The predicted molar refractivity (Wildman–Crippen MR) is 78.8 cm³/mol. The van der Waals surface area contributed by atoms with E-state index in [4.69, 9.17) is 18.0 Å². The van der Waals surface area contributed by atoms with E-state index in [0.717, 1.165) is 38.5 Å². The largest absolute Gasteiger partial charge is 0.392 e. The first-order chi connectivity index (χ1) is 9.04. The molecule has 5 nitrogen and oxygen atoms in total. The van der Waals surface area contributed by atoms with Crippen molar-refractivity contribution < 1.29 is 4.79 Å². The predicted octanol–water partition coefficient (Wildman–Crippen LogP) is 1.99. The molecule has 1 aliphatic rings. The molecule has 6 heteroatoms. The number of nitrogens with one attached hydrogen (secondary N) is 1. The van der Waals surface area contributed by atoms with Gasteiger partial charge in [-0.25, -0.2) is 0 Å². The fraction of sp³-hybridized carbons (Fsp3) is 0.615. The number of nitrogens with two attached hydrogens (primary N) is 1. The van der Waals surface area contributed by atoms with Crippen LogP contribution in [0, 0.1) is 5.41 Å². The number of aryl methyl sites for hydroxylation is 1. The summed E-state index contributed by atoms with van der Waals surface area (Å²) < 4.78 is 1.65. The number of anilines is 1. The highest BCUT2D eigenvalue weighted by Crippen LogP contribution is 2.36. The van der Waals surface area contributed by atoms with Gasteiger partial charge in [0.05, 0.1) is 10.4 Å². The number of nitrogens with zero attached hydrogens (tertiary/aromatic N) is 2. The molecule has 2 rings (SSSR count). The standard InChI is InChI=1S/C13H20N4OS/c1-17-9-6-10(16-17)15-12(18)13(11(14)19)7-4-2-3-5-8-13/h6,9H,2-5,7-8H2,1H3,(H2,14,19)(H,15,16,18). The minimum Gasteiger partial charge on any atom is -0.392 e. The Morgan fingerprint density at radius 3 is 2.53 bits per heavy atom. The van der Waals surface area contributed by atoms with E-state index in [9.17, 15) is 4.79 Å². The molecule has 0 aromatic carbocycles. The zero-order valence-corrected chi connectivity index (χ0v) is 12.0. The number of hydrogen-bond donors (Lipinski definition) is 2. The maximum atomic E-state index is 12.6. The Kier molecular flexibility index (Phi) is 4.19. The third kappa shape index (κ3) is 2.94. The van der Waals surface area contributed by atoms with Gasteiger partial charge in [-0.3, -0.25) is 9.48 Å². The number of aromatic nitrogens is 2. The molecule has 1 amide bonds.